The van der Waals surface area contributed by atoms with Crippen molar-refractivity contribution in [1.29, 1.82) is 0 Å². The highest BCUT2D eigenvalue weighted by Crippen LogP contribution is 2.17. The molecule has 6 nitrogen and oxygen atoms in total. The van der Waals surface area contributed by atoms with E-state index in [2.05, 4.69) is 10.1 Å². The van der Waals surface area contributed by atoms with Crippen LogP contribution < -0.4 is 4.90 Å². The number of hydrogen-bond donors (Lipinski definition) is 0. The third kappa shape index (κ3) is 4.11. The van der Waals surface area contributed by atoms with Gasteiger partial charge in [0.05, 0.1) is 3.58 Å². The van der Waals surface area contributed by atoms with Gasteiger partial charge in [-0.3, -0.25) is 4.79 Å². The Morgan fingerprint density at radius 1 is 1.48 bits per heavy atom. The summed E-state index contributed by atoms with van der Waals surface area (Å²) in [5.74, 6) is 0.711. The Balaban J connectivity index is 1.91. The molecule has 0 spiro atoms. The SMILES string of the molecule is Cc1nc(N2CCN(C(=O)C(I)=CC(F)CF)CC2)no1. The van der Waals surface area contributed by atoms with Gasteiger partial charge in [0, 0.05) is 33.1 Å². The molecule has 1 aliphatic heterocycles. The molecule has 0 aliphatic carbocycles. The molecule has 1 aromatic heterocycles. The van der Waals surface area contributed by atoms with Crippen LogP contribution in [0.15, 0.2) is 14.2 Å². The van der Waals surface area contributed by atoms with Gasteiger partial charge in [0.2, 0.25) is 5.89 Å². The molecule has 2 heterocycles. The van der Waals surface area contributed by atoms with Crippen molar-refractivity contribution in [2.45, 2.75) is 13.1 Å². The number of hydrogen-bond acceptors (Lipinski definition) is 5. The second-order valence-corrected chi connectivity index (χ2v) is 5.74. The predicted molar refractivity (Wildman–Crippen MR) is 80.8 cm³/mol. The first kappa shape index (κ1) is 16.1. The van der Waals surface area contributed by atoms with Gasteiger partial charge in [-0.1, -0.05) is 0 Å². The predicted octanol–water partition coefficient (Wildman–Crippen LogP) is 1.65. The lowest BCUT2D eigenvalue weighted by Crippen LogP contribution is -2.49. The maximum atomic E-state index is 12.9. The molecule has 1 aromatic rings. The third-order valence-electron chi connectivity index (χ3n) is 3.05. The third-order valence-corrected chi connectivity index (χ3v) is 3.87. The number of carbonyl (C=O) groups excluding carboxylic acids is 1. The van der Waals surface area contributed by atoms with Gasteiger partial charge in [0.25, 0.3) is 11.9 Å². The summed E-state index contributed by atoms with van der Waals surface area (Å²) in [6.45, 7) is 2.67. The molecule has 21 heavy (non-hydrogen) atoms. The van der Waals surface area contributed by atoms with E-state index in [-0.39, 0.29) is 9.49 Å². The number of anilines is 1. The lowest BCUT2D eigenvalue weighted by Gasteiger charge is -2.33. The molecule has 1 unspecified atom stereocenters. The van der Waals surface area contributed by atoms with E-state index in [4.69, 9.17) is 4.52 Å². The fourth-order valence-electron chi connectivity index (χ4n) is 1.95. The van der Waals surface area contributed by atoms with Gasteiger partial charge in [-0.15, -0.1) is 0 Å². The van der Waals surface area contributed by atoms with E-state index >= 15 is 0 Å². The lowest BCUT2D eigenvalue weighted by atomic mass is 10.3. The largest absolute Gasteiger partial charge is 0.338 e. The van der Waals surface area contributed by atoms with E-state index in [1.807, 2.05) is 4.90 Å². The van der Waals surface area contributed by atoms with Crippen LogP contribution in [0.2, 0.25) is 0 Å². The van der Waals surface area contributed by atoms with Crippen molar-refractivity contribution < 1.29 is 18.1 Å². The molecular weight excluding hydrogens is 397 g/mol. The maximum absolute atomic E-state index is 12.9. The Labute approximate surface area is 134 Å². The van der Waals surface area contributed by atoms with Crippen LogP contribution in [0, 0.1) is 6.92 Å². The van der Waals surface area contributed by atoms with Crippen molar-refractivity contribution in [2.75, 3.05) is 37.8 Å². The first-order valence-electron chi connectivity index (χ1n) is 6.43. The van der Waals surface area contributed by atoms with E-state index < -0.39 is 12.8 Å². The van der Waals surface area contributed by atoms with E-state index in [1.165, 1.54) is 0 Å². The number of nitrogens with zero attached hydrogens (tertiary/aromatic N) is 4. The normalized spacial score (nSPS) is 18.0. The highest BCUT2D eigenvalue weighted by atomic mass is 127. The molecule has 116 valence electrons. The van der Waals surface area contributed by atoms with Gasteiger partial charge >= 0.3 is 0 Å². The van der Waals surface area contributed by atoms with Gasteiger partial charge in [-0.2, -0.15) is 4.98 Å². The summed E-state index contributed by atoms with van der Waals surface area (Å²) < 4.78 is 30.2. The minimum Gasteiger partial charge on any atom is -0.338 e. The van der Waals surface area contributed by atoms with E-state index in [1.54, 1.807) is 34.4 Å². The van der Waals surface area contributed by atoms with Gasteiger partial charge in [-0.05, 0) is 33.8 Å². The van der Waals surface area contributed by atoms with Crippen LogP contribution in [-0.2, 0) is 4.79 Å². The highest BCUT2D eigenvalue weighted by Gasteiger charge is 2.25. The Morgan fingerprint density at radius 2 is 2.14 bits per heavy atom. The van der Waals surface area contributed by atoms with Crippen molar-refractivity contribution in [2.24, 2.45) is 0 Å². The molecule has 1 fully saturated rings. The van der Waals surface area contributed by atoms with Crippen LogP contribution in [-0.4, -0.2) is 60.0 Å². The smallest absolute Gasteiger partial charge is 0.266 e. The summed E-state index contributed by atoms with van der Waals surface area (Å²) in [7, 11) is 0. The minimum absolute atomic E-state index is 0.196. The minimum atomic E-state index is -1.73. The van der Waals surface area contributed by atoms with Crippen LogP contribution in [0.5, 0.6) is 0 Å². The topological polar surface area (TPSA) is 62.5 Å². The van der Waals surface area contributed by atoms with Crippen LogP contribution in [0.4, 0.5) is 14.7 Å². The first-order valence-corrected chi connectivity index (χ1v) is 7.51. The molecule has 0 aromatic carbocycles. The van der Waals surface area contributed by atoms with Crippen molar-refractivity contribution >= 4 is 34.4 Å². The lowest BCUT2D eigenvalue weighted by molar-refractivity contribution is -0.126. The number of aromatic nitrogens is 2. The molecule has 0 N–H and O–H groups in total. The Hall–Kier alpha value is -1.26. The highest BCUT2D eigenvalue weighted by molar-refractivity contribution is 14.1. The number of carbonyl (C=O) groups is 1. The molecule has 0 saturated carbocycles. The van der Waals surface area contributed by atoms with Crippen molar-refractivity contribution in [3.05, 3.63) is 15.5 Å². The molecule has 1 amide bonds. The number of halogens is 3. The molecule has 0 radical (unpaired) electrons. The summed E-state index contributed by atoms with van der Waals surface area (Å²) in [6, 6.07) is 0. The monoisotopic (exact) mass is 412 g/mol. The van der Waals surface area contributed by atoms with Crippen molar-refractivity contribution in [3.63, 3.8) is 0 Å². The second kappa shape index (κ2) is 7.14. The van der Waals surface area contributed by atoms with Crippen LogP contribution in [0.1, 0.15) is 5.89 Å². The molecule has 2 rings (SSSR count). The maximum Gasteiger partial charge on any atom is 0.266 e. The van der Waals surface area contributed by atoms with Gasteiger partial charge in [0.15, 0.2) is 0 Å². The molecule has 1 atom stereocenters. The van der Waals surface area contributed by atoms with Crippen LogP contribution in [0.25, 0.3) is 0 Å². The molecule has 0 bridgehead atoms. The van der Waals surface area contributed by atoms with Crippen molar-refractivity contribution in [1.82, 2.24) is 15.0 Å². The average Bonchev–Trinajstić information content (AvgIpc) is 2.93. The zero-order chi connectivity index (χ0) is 15.4. The fraction of sp³-hybridized carbons (Fsp3) is 0.583. The number of allylic oxidation sites excluding steroid dienone is 1. The zero-order valence-corrected chi connectivity index (χ0v) is 13.6. The Bertz CT molecular complexity index is 529. The number of amides is 1. The molecule has 9 heteroatoms. The number of piperazine rings is 1. The fourth-order valence-corrected chi connectivity index (χ4v) is 2.68. The number of rotatable bonds is 4. The number of aryl methyl sites for hydroxylation is 1. The van der Waals surface area contributed by atoms with Crippen LogP contribution in [0.3, 0.4) is 0 Å². The summed E-state index contributed by atoms with van der Waals surface area (Å²) >= 11 is 1.74. The number of alkyl halides is 2. The Kier molecular flexibility index (Phi) is 5.48. The summed E-state index contributed by atoms with van der Waals surface area (Å²) in [5, 5.41) is 3.83. The van der Waals surface area contributed by atoms with Gasteiger partial charge in [0.1, 0.15) is 12.8 Å². The van der Waals surface area contributed by atoms with Crippen molar-refractivity contribution in [3.8, 4) is 0 Å². The second-order valence-electron chi connectivity index (χ2n) is 4.58. The molecule has 1 saturated heterocycles. The average molecular weight is 412 g/mol. The van der Waals surface area contributed by atoms with E-state index in [0.717, 1.165) is 6.08 Å². The quantitative estimate of drug-likeness (QED) is 0.556. The Morgan fingerprint density at radius 3 is 2.67 bits per heavy atom. The standard InChI is InChI=1S/C12H15F2IN4O2/c1-8-16-12(17-21-8)19-4-2-18(3-5-19)11(20)10(15)6-9(14)7-13/h6,9H,2-5,7H2,1H3. The van der Waals surface area contributed by atoms with Gasteiger partial charge < -0.3 is 14.3 Å². The molecule has 1 aliphatic rings. The van der Waals surface area contributed by atoms with Gasteiger partial charge in [-0.25, -0.2) is 8.78 Å². The van der Waals surface area contributed by atoms with E-state index in [9.17, 15) is 13.6 Å². The summed E-state index contributed by atoms with van der Waals surface area (Å²) in [4.78, 5) is 19.7. The molecular formula is C12H15F2IN4O2. The van der Waals surface area contributed by atoms with E-state index in [0.29, 0.717) is 38.0 Å². The summed E-state index contributed by atoms with van der Waals surface area (Å²) in [5.41, 5.74) is 0. The zero-order valence-electron chi connectivity index (χ0n) is 11.4. The summed E-state index contributed by atoms with van der Waals surface area (Å²) in [6.07, 6.45) is -0.720. The first-order chi connectivity index (χ1) is 10.0. The van der Waals surface area contributed by atoms with Crippen LogP contribution >= 0.6 is 22.6 Å².